The molecule has 0 radical (unpaired) electrons. The zero-order chi connectivity index (χ0) is 10.7. The van der Waals surface area contributed by atoms with Gasteiger partial charge in [-0.3, -0.25) is 6.08 Å². The Morgan fingerprint density at radius 1 is 1.17 bits per heavy atom. The summed E-state index contributed by atoms with van der Waals surface area (Å²) in [5.41, 5.74) is 2.60. The summed E-state index contributed by atoms with van der Waals surface area (Å²) in [6.45, 7) is 2.21. The summed E-state index contributed by atoms with van der Waals surface area (Å²) in [6.07, 6.45) is 8.62. The zero-order valence-electron chi connectivity index (χ0n) is 10.5. The van der Waals surface area contributed by atoms with Crippen molar-refractivity contribution < 1.29 is 26.5 Å². The molecule has 0 saturated heterocycles. The summed E-state index contributed by atoms with van der Waals surface area (Å²) >= 11 is 0. The van der Waals surface area contributed by atoms with Crippen molar-refractivity contribution in [3.8, 4) is 5.75 Å². The SMILES string of the molecule is COc1ccc(C(C)C2=[C-]CC=C2)cc1.Cl.Cl.[Ti]. The van der Waals surface area contributed by atoms with Crippen molar-refractivity contribution in [3.05, 3.63) is 53.6 Å². The van der Waals surface area contributed by atoms with Crippen LogP contribution in [0.1, 0.15) is 24.8 Å². The van der Waals surface area contributed by atoms with Crippen molar-refractivity contribution in [2.24, 2.45) is 0 Å². The Labute approximate surface area is 136 Å². The normalized spacial score (nSPS) is 13.6. The molecule has 98 valence electrons. The van der Waals surface area contributed by atoms with Crippen LogP contribution in [0, 0.1) is 6.08 Å². The molecule has 0 N–H and O–H groups in total. The first-order chi connectivity index (χ1) is 7.31. The minimum absolute atomic E-state index is 0. The first kappa shape index (κ1) is 20.1. The molecular formula is C14H17Cl2OTi-. The summed E-state index contributed by atoms with van der Waals surface area (Å²) in [5.74, 6) is 1.33. The Bertz CT molecular complexity index is 399. The van der Waals surface area contributed by atoms with Gasteiger partial charge in [0, 0.05) is 21.7 Å². The predicted octanol–water partition coefficient (Wildman–Crippen LogP) is 4.33. The maximum Gasteiger partial charge on any atom is 0.118 e. The number of allylic oxidation sites excluding steroid dienone is 4. The van der Waals surface area contributed by atoms with Crippen LogP contribution < -0.4 is 4.74 Å². The van der Waals surface area contributed by atoms with Crippen molar-refractivity contribution in [2.75, 3.05) is 7.11 Å². The molecule has 1 aliphatic carbocycles. The van der Waals surface area contributed by atoms with Crippen LogP contribution in [0.5, 0.6) is 5.75 Å². The Balaban J connectivity index is 0. The fourth-order valence-electron chi connectivity index (χ4n) is 1.79. The Kier molecular flexibility index (Phi) is 10.8. The molecule has 0 bridgehead atoms. The third kappa shape index (κ3) is 4.82. The second kappa shape index (κ2) is 9.69. The van der Waals surface area contributed by atoms with Crippen LogP contribution in [0.3, 0.4) is 0 Å². The Morgan fingerprint density at radius 2 is 1.78 bits per heavy atom. The van der Waals surface area contributed by atoms with Crippen LogP contribution in [-0.2, 0) is 21.7 Å². The molecule has 0 saturated carbocycles. The largest absolute Gasteiger partial charge is 0.497 e. The fourth-order valence-corrected chi connectivity index (χ4v) is 1.79. The van der Waals surface area contributed by atoms with Gasteiger partial charge in [-0.1, -0.05) is 19.1 Å². The third-order valence-electron chi connectivity index (χ3n) is 2.80. The summed E-state index contributed by atoms with van der Waals surface area (Å²) in [6, 6.07) is 8.24. The second-order valence-corrected chi connectivity index (χ2v) is 3.73. The third-order valence-corrected chi connectivity index (χ3v) is 2.80. The van der Waals surface area contributed by atoms with Gasteiger partial charge in [0.25, 0.3) is 0 Å². The standard InChI is InChI=1S/C14H15O.2ClH.Ti/c1-11(12-5-3-4-6-12)13-7-9-14(15-2)10-8-13;;;/h3,5,7-11H,4H2,1-2H3;2*1H;/q-1;;;. The van der Waals surface area contributed by atoms with Crippen molar-refractivity contribution in [1.29, 1.82) is 0 Å². The van der Waals surface area contributed by atoms with Gasteiger partial charge >= 0.3 is 0 Å². The van der Waals surface area contributed by atoms with E-state index >= 15 is 0 Å². The Hall–Kier alpha value is -0.206. The predicted molar refractivity (Wildman–Crippen MR) is 76.4 cm³/mol. The van der Waals surface area contributed by atoms with Gasteiger partial charge in [-0.05, 0) is 23.6 Å². The van der Waals surface area contributed by atoms with E-state index in [9.17, 15) is 0 Å². The first-order valence-electron chi connectivity index (χ1n) is 5.22. The molecule has 1 nitrogen and oxygen atoms in total. The van der Waals surface area contributed by atoms with Gasteiger partial charge in [-0.2, -0.15) is 6.08 Å². The van der Waals surface area contributed by atoms with Gasteiger partial charge in [-0.25, -0.2) is 11.6 Å². The van der Waals surface area contributed by atoms with E-state index in [1.165, 1.54) is 11.1 Å². The Morgan fingerprint density at radius 3 is 2.22 bits per heavy atom. The molecule has 0 spiro atoms. The van der Waals surface area contributed by atoms with E-state index in [0.29, 0.717) is 5.92 Å². The molecule has 0 aromatic heterocycles. The van der Waals surface area contributed by atoms with Crippen molar-refractivity contribution >= 4 is 24.8 Å². The van der Waals surface area contributed by atoms with Gasteiger partial charge in [0.2, 0.25) is 0 Å². The number of hydrogen-bond acceptors (Lipinski definition) is 1. The summed E-state index contributed by atoms with van der Waals surface area (Å²) in [4.78, 5) is 0. The summed E-state index contributed by atoms with van der Waals surface area (Å²) in [5, 5.41) is 0. The number of ether oxygens (including phenoxy) is 1. The van der Waals surface area contributed by atoms with E-state index < -0.39 is 0 Å². The average molecular weight is 320 g/mol. The monoisotopic (exact) mass is 319 g/mol. The van der Waals surface area contributed by atoms with Gasteiger partial charge < -0.3 is 4.74 Å². The van der Waals surface area contributed by atoms with Crippen LogP contribution in [-0.4, -0.2) is 7.11 Å². The molecule has 0 amide bonds. The minimum atomic E-state index is 0. The number of hydrogen-bond donors (Lipinski definition) is 0. The number of benzene rings is 1. The van der Waals surface area contributed by atoms with E-state index in [0.717, 1.165) is 12.2 Å². The molecule has 1 aromatic carbocycles. The quantitative estimate of drug-likeness (QED) is 0.595. The molecule has 0 aliphatic heterocycles. The smallest absolute Gasteiger partial charge is 0.118 e. The molecule has 2 rings (SSSR count). The molecule has 1 unspecified atom stereocenters. The maximum atomic E-state index is 5.14. The molecule has 0 heterocycles. The van der Waals surface area contributed by atoms with E-state index in [1.54, 1.807) is 7.11 Å². The average Bonchev–Trinajstić information content (AvgIpc) is 2.82. The fraction of sp³-hybridized carbons (Fsp3) is 0.286. The van der Waals surface area contributed by atoms with Crippen molar-refractivity contribution in [2.45, 2.75) is 19.3 Å². The maximum absolute atomic E-state index is 5.14. The van der Waals surface area contributed by atoms with Gasteiger partial charge in [0.05, 0.1) is 7.11 Å². The second-order valence-electron chi connectivity index (χ2n) is 3.73. The topological polar surface area (TPSA) is 9.23 Å². The summed E-state index contributed by atoms with van der Waals surface area (Å²) in [7, 11) is 1.69. The molecule has 0 fully saturated rings. The van der Waals surface area contributed by atoms with Crippen LogP contribution >= 0.6 is 24.8 Å². The first-order valence-corrected chi connectivity index (χ1v) is 5.22. The van der Waals surface area contributed by atoms with E-state index in [-0.39, 0.29) is 46.5 Å². The number of rotatable bonds is 3. The van der Waals surface area contributed by atoms with E-state index in [2.05, 4.69) is 37.3 Å². The molecule has 4 heteroatoms. The molecule has 18 heavy (non-hydrogen) atoms. The van der Waals surface area contributed by atoms with Crippen LogP contribution in [0.15, 0.2) is 42.0 Å². The zero-order valence-corrected chi connectivity index (χ0v) is 13.7. The van der Waals surface area contributed by atoms with Crippen LogP contribution in [0.25, 0.3) is 0 Å². The van der Waals surface area contributed by atoms with Gasteiger partial charge in [-0.15, -0.1) is 31.2 Å². The van der Waals surface area contributed by atoms with E-state index in [4.69, 9.17) is 4.74 Å². The molecule has 1 aromatic rings. The summed E-state index contributed by atoms with van der Waals surface area (Å²) < 4.78 is 5.14. The van der Waals surface area contributed by atoms with Gasteiger partial charge in [0.1, 0.15) is 5.75 Å². The van der Waals surface area contributed by atoms with Crippen molar-refractivity contribution in [1.82, 2.24) is 0 Å². The van der Waals surface area contributed by atoms with Gasteiger partial charge in [0.15, 0.2) is 0 Å². The molecular weight excluding hydrogens is 303 g/mol. The van der Waals surface area contributed by atoms with Crippen LogP contribution in [0.4, 0.5) is 0 Å². The molecule has 1 atom stereocenters. The van der Waals surface area contributed by atoms with Crippen LogP contribution in [0.2, 0.25) is 0 Å². The molecule has 1 aliphatic rings. The number of halogens is 2. The van der Waals surface area contributed by atoms with Crippen molar-refractivity contribution in [3.63, 3.8) is 0 Å². The minimum Gasteiger partial charge on any atom is -0.497 e. The number of methoxy groups -OCH3 is 1. The van der Waals surface area contributed by atoms with E-state index in [1.807, 2.05) is 12.1 Å².